The molecule has 2 atom stereocenters. The third-order valence-electron chi connectivity index (χ3n) is 5.08. The molecular weight excluding hydrogens is 320 g/mol. The fourth-order valence-electron chi connectivity index (χ4n) is 3.66. The molecule has 5 nitrogen and oxygen atoms in total. The maximum Gasteiger partial charge on any atom is 0.315 e. The van der Waals surface area contributed by atoms with Gasteiger partial charge in [-0.3, -0.25) is 0 Å². The number of urea groups is 1. The van der Waals surface area contributed by atoms with Crippen molar-refractivity contribution < 1.29 is 4.79 Å². The van der Waals surface area contributed by atoms with E-state index in [1.165, 1.54) is 6.42 Å². The zero-order chi connectivity index (χ0) is 16.9. The number of aromatic nitrogens is 1. The molecule has 3 rings (SSSR count). The number of pyridine rings is 1. The second kappa shape index (κ2) is 8.10. The van der Waals surface area contributed by atoms with Crippen molar-refractivity contribution in [3.05, 3.63) is 23.9 Å². The number of hydrogen-bond acceptors (Lipinski definition) is 4. The number of anilines is 1. The largest absolute Gasteiger partial charge is 0.356 e. The number of carbonyl (C=O) groups is 1. The van der Waals surface area contributed by atoms with Crippen molar-refractivity contribution in [2.45, 2.75) is 56.4 Å². The summed E-state index contributed by atoms with van der Waals surface area (Å²) >= 11 is 1.91. The van der Waals surface area contributed by atoms with E-state index in [9.17, 15) is 4.79 Å². The Balaban J connectivity index is 1.41. The third-order valence-corrected chi connectivity index (χ3v) is 6.18. The predicted octanol–water partition coefficient (Wildman–Crippen LogP) is 2.94. The second-order valence-corrected chi connectivity index (χ2v) is 8.02. The molecular formula is C18H28N4OS. The Bertz CT molecular complexity index is 560. The number of amides is 2. The van der Waals surface area contributed by atoms with E-state index >= 15 is 0 Å². The summed E-state index contributed by atoms with van der Waals surface area (Å²) in [5.74, 6) is 1.05. The number of rotatable bonds is 4. The monoisotopic (exact) mass is 348 g/mol. The molecule has 1 aromatic heterocycles. The SMILES string of the molecule is CSC1CCC(NC(=O)NC2CCN(c3cccc(C)n3)CC2)C1. The van der Waals surface area contributed by atoms with Crippen LogP contribution in [0.4, 0.5) is 10.6 Å². The van der Waals surface area contributed by atoms with E-state index in [0.29, 0.717) is 11.3 Å². The molecule has 0 spiro atoms. The first-order valence-electron chi connectivity index (χ1n) is 8.92. The summed E-state index contributed by atoms with van der Waals surface area (Å²) < 4.78 is 0. The van der Waals surface area contributed by atoms with Gasteiger partial charge in [-0.05, 0) is 57.4 Å². The Labute approximate surface area is 149 Å². The van der Waals surface area contributed by atoms with Crippen LogP contribution < -0.4 is 15.5 Å². The summed E-state index contributed by atoms with van der Waals surface area (Å²) in [7, 11) is 0. The van der Waals surface area contributed by atoms with Crippen LogP contribution in [0.1, 0.15) is 37.8 Å². The van der Waals surface area contributed by atoms with Crippen molar-refractivity contribution >= 4 is 23.6 Å². The highest BCUT2D eigenvalue weighted by atomic mass is 32.2. The van der Waals surface area contributed by atoms with E-state index in [2.05, 4.69) is 38.9 Å². The Morgan fingerprint density at radius 1 is 1.17 bits per heavy atom. The topological polar surface area (TPSA) is 57.3 Å². The van der Waals surface area contributed by atoms with Gasteiger partial charge in [0.2, 0.25) is 0 Å². The van der Waals surface area contributed by atoms with Gasteiger partial charge in [-0.2, -0.15) is 11.8 Å². The molecule has 1 saturated carbocycles. The molecule has 0 radical (unpaired) electrons. The first-order valence-corrected chi connectivity index (χ1v) is 10.2. The van der Waals surface area contributed by atoms with E-state index in [1.54, 1.807) is 0 Å². The van der Waals surface area contributed by atoms with Gasteiger partial charge in [0.15, 0.2) is 0 Å². The van der Waals surface area contributed by atoms with Crippen LogP contribution in [-0.2, 0) is 0 Å². The molecule has 2 fully saturated rings. The molecule has 1 aliphatic carbocycles. The summed E-state index contributed by atoms with van der Waals surface area (Å²) in [4.78, 5) is 19.1. The number of nitrogens with one attached hydrogen (secondary N) is 2. The fraction of sp³-hybridized carbons (Fsp3) is 0.667. The van der Waals surface area contributed by atoms with Gasteiger partial charge in [-0.25, -0.2) is 9.78 Å². The van der Waals surface area contributed by atoms with E-state index in [1.807, 2.05) is 24.8 Å². The van der Waals surface area contributed by atoms with Gasteiger partial charge in [-0.15, -0.1) is 0 Å². The molecule has 2 heterocycles. The molecule has 132 valence electrons. The molecule has 2 N–H and O–H groups in total. The standard InChI is InChI=1S/C18H28N4OS/c1-13-4-3-5-17(19-13)22-10-8-14(9-11-22)20-18(23)21-15-6-7-16(12-15)24-2/h3-5,14-16H,6-12H2,1-2H3,(H2,20,21,23). The van der Waals surface area contributed by atoms with Gasteiger partial charge in [0.25, 0.3) is 0 Å². The van der Waals surface area contributed by atoms with Crippen LogP contribution in [0.3, 0.4) is 0 Å². The van der Waals surface area contributed by atoms with Crippen molar-refractivity contribution in [1.29, 1.82) is 0 Å². The van der Waals surface area contributed by atoms with Crippen molar-refractivity contribution in [2.75, 3.05) is 24.2 Å². The predicted molar refractivity (Wildman–Crippen MR) is 101 cm³/mol. The summed E-state index contributed by atoms with van der Waals surface area (Å²) in [5, 5.41) is 7.02. The van der Waals surface area contributed by atoms with Crippen molar-refractivity contribution in [3.63, 3.8) is 0 Å². The van der Waals surface area contributed by atoms with Crippen LogP contribution in [0, 0.1) is 6.92 Å². The minimum Gasteiger partial charge on any atom is -0.356 e. The normalized spacial score (nSPS) is 24.8. The second-order valence-electron chi connectivity index (χ2n) is 6.88. The lowest BCUT2D eigenvalue weighted by Crippen LogP contribution is -2.49. The quantitative estimate of drug-likeness (QED) is 0.878. The first kappa shape index (κ1) is 17.4. The number of carbonyl (C=O) groups excluding carboxylic acids is 1. The lowest BCUT2D eigenvalue weighted by Gasteiger charge is -2.33. The first-order chi connectivity index (χ1) is 11.6. The fourth-order valence-corrected chi connectivity index (χ4v) is 4.45. The maximum atomic E-state index is 12.2. The van der Waals surface area contributed by atoms with Crippen LogP contribution in [0.25, 0.3) is 0 Å². The Morgan fingerprint density at radius 3 is 2.58 bits per heavy atom. The van der Waals surface area contributed by atoms with Crippen LogP contribution in [0.15, 0.2) is 18.2 Å². The zero-order valence-electron chi connectivity index (χ0n) is 14.6. The van der Waals surface area contributed by atoms with Gasteiger partial charge >= 0.3 is 6.03 Å². The molecule has 6 heteroatoms. The number of aryl methyl sites for hydroxylation is 1. The number of piperidine rings is 1. The van der Waals surface area contributed by atoms with Crippen LogP contribution in [-0.4, -0.2) is 47.7 Å². The highest BCUT2D eigenvalue weighted by molar-refractivity contribution is 7.99. The Hall–Kier alpha value is -1.43. The smallest absolute Gasteiger partial charge is 0.315 e. The lowest BCUT2D eigenvalue weighted by atomic mass is 10.1. The highest BCUT2D eigenvalue weighted by Crippen LogP contribution is 2.28. The summed E-state index contributed by atoms with van der Waals surface area (Å²) in [5.41, 5.74) is 1.05. The molecule has 0 aromatic carbocycles. The molecule has 0 bridgehead atoms. The Morgan fingerprint density at radius 2 is 1.92 bits per heavy atom. The van der Waals surface area contributed by atoms with Gasteiger partial charge in [0.05, 0.1) is 0 Å². The molecule has 24 heavy (non-hydrogen) atoms. The van der Waals surface area contributed by atoms with E-state index in [0.717, 1.165) is 50.3 Å². The summed E-state index contributed by atoms with van der Waals surface area (Å²) in [6, 6.07) is 6.76. The minimum absolute atomic E-state index is 0.00823. The average Bonchev–Trinajstić information content (AvgIpc) is 3.03. The van der Waals surface area contributed by atoms with Crippen molar-refractivity contribution in [2.24, 2.45) is 0 Å². The van der Waals surface area contributed by atoms with Gasteiger partial charge in [0, 0.05) is 36.1 Å². The zero-order valence-corrected chi connectivity index (χ0v) is 15.4. The lowest BCUT2D eigenvalue weighted by molar-refractivity contribution is 0.230. The summed E-state index contributed by atoms with van der Waals surface area (Å²) in [6.07, 6.45) is 7.53. The van der Waals surface area contributed by atoms with E-state index < -0.39 is 0 Å². The van der Waals surface area contributed by atoms with Crippen molar-refractivity contribution in [3.8, 4) is 0 Å². The van der Waals surface area contributed by atoms with Gasteiger partial charge < -0.3 is 15.5 Å². The molecule has 1 saturated heterocycles. The van der Waals surface area contributed by atoms with E-state index in [4.69, 9.17) is 0 Å². The van der Waals surface area contributed by atoms with Crippen molar-refractivity contribution in [1.82, 2.24) is 15.6 Å². The van der Waals surface area contributed by atoms with Crippen LogP contribution >= 0.6 is 11.8 Å². The number of thioether (sulfide) groups is 1. The molecule has 2 aliphatic rings. The third kappa shape index (κ3) is 4.56. The average molecular weight is 349 g/mol. The molecule has 1 aliphatic heterocycles. The van der Waals surface area contributed by atoms with E-state index in [-0.39, 0.29) is 12.1 Å². The van der Waals surface area contributed by atoms with Gasteiger partial charge in [-0.1, -0.05) is 6.07 Å². The van der Waals surface area contributed by atoms with Crippen LogP contribution in [0.2, 0.25) is 0 Å². The summed E-state index contributed by atoms with van der Waals surface area (Å²) in [6.45, 7) is 3.91. The number of nitrogens with zero attached hydrogens (tertiary/aromatic N) is 2. The van der Waals surface area contributed by atoms with Crippen LogP contribution in [0.5, 0.6) is 0 Å². The maximum absolute atomic E-state index is 12.2. The van der Waals surface area contributed by atoms with Gasteiger partial charge in [0.1, 0.15) is 5.82 Å². The molecule has 2 amide bonds. The molecule has 2 unspecified atom stereocenters. The highest BCUT2D eigenvalue weighted by Gasteiger charge is 2.26. The molecule has 1 aromatic rings. The minimum atomic E-state index is 0.00823. The number of hydrogen-bond donors (Lipinski definition) is 2. The Kier molecular flexibility index (Phi) is 5.87.